The molecule has 1 rings (SSSR count). The molecule has 2 unspecified atom stereocenters. The van der Waals surface area contributed by atoms with Gasteiger partial charge in [0.25, 0.3) is 0 Å². The Morgan fingerprint density at radius 2 is 1.83 bits per heavy atom. The first-order valence-electron chi connectivity index (χ1n) is 8.08. The molecule has 0 aromatic heterocycles. The Kier molecular flexibility index (Phi) is 8.16. The predicted octanol–water partition coefficient (Wildman–Crippen LogP) is 2.95. The Labute approximate surface area is 138 Å². The first-order valence-corrected chi connectivity index (χ1v) is 8.08. The fourth-order valence-corrected chi connectivity index (χ4v) is 2.24. The lowest BCUT2D eigenvalue weighted by atomic mass is 9.97. The maximum atomic E-state index is 12.0. The van der Waals surface area contributed by atoms with E-state index >= 15 is 0 Å². The molecule has 2 N–H and O–H groups in total. The zero-order valence-corrected chi connectivity index (χ0v) is 14.1. The van der Waals surface area contributed by atoms with Crippen molar-refractivity contribution in [3.63, 3.8) is 0 Å². The first kappa shape index (κ1) is 19.0. The molecule has 2 atom stereocenters. The number of rotatable bonds is 10. The molecule has 5 nitrogen and oxygen atoms in total. The number of para-hydroxylation sites is 1. The number of carbonyl (C=O) groups excluding carboxylic acids is 1. The molecule has 0 aliphatic rings. The number of carboxylic acid groups (broad SMARTS) is 1. The number of carbonyl (C=O) groups is 2. The molecule has 1 aromatic carbocycles. The van der Waals surface area contributed by atoms with Crippen LogP contribution < -0.4 is 10.1 Å². The van der Waals surface area contributed by atoms with Crippen LogP contribution in [0.25, 0.3) is 0 Å². The van der Waals surface area contributed by atoms with E-state index in [1.54, 1.807) is 0 Å². The highest BCUT2D eigenvalue weighted by Gasteiger charge is 2.21. The largest absolute Gasteiger partial charge is 0.494 e. The molecular weight excluding hydrogens is 294 g/mol. The molecule has 23 heavy (non-hydrogen) atoms. The summed E-state index contributed by atoms with van der Waals surface area (Å²) < 4.78 is 5.57. The van der Waals surface area contributed by atoms with Gasteiger partial charge in [-0.1, -0.05) is 39.0 Å². The number of aliphatic carboxylic acids is 1. The second-order valence-electron chi connectivity index (χ2n) is 6.26. The maximum Gasteiger partial charge on any atom is 0.308 e. The van der Waals surface area contributed by atoms with Crippen LogP contribution in [0.5, 0.6) is 5.75 Å². The quantitative estimate of drug-likeness (QED) is 0.695. The van der Waals surface area contributed by atoms with Gasteiger partial charge in [0.2, 0.25) is 5.91 Å². The predicted molar refractivity (Wildman–Crippen MR) is 89.3 cm³/mol. The van der Waals surface area contributed by atoms with E-state index in [9.17, 15) is 9.59 Å². The van der Waals surface area contributed by atoms with E-state index in [-0.39, 0.29) is 24.3 Å². The molecule has 0 aliphatic heterocycles. The zero-order chi connectivity index (χ0) is 17.2. The highest BCUT2D eigenvalue weighted by molar-refractivity contribution is 5.79. The molecule has 0 saturated heterocycles. The van der Waals surface area contributed by atoms with E-state index in [2.05, 4.69) is 5.32 Å². The summed E-state index contributed by atoms with van der Waals surface area (Å²) in [7, 11) is 0. The minimum atomic E-state index is -0.862. The van der Waals surface area contributed by atoms with Crippen LogP contribution in [0, 0.1) is 17.8 Å². The van der Waals surface area contributed by atoms with Crippen molar-refractivity contribution in [1.29, 1.82) is 0 Å². The maximum absolute atomic E-state index is 12.0. The summed E-state index contributed by atoms with van der Waals surface area (Å²) in [5.74, 6) is -0.678. The van der Waals surface area contributed by atoms with Crippen LogP contribution in [-0.4, -0.2) is 30.1 Å². The van der Waals surface area contributed by atoms with Crippen molar-refractivity contribution in [3.05, 3.63) is 30.3 Å². The molecule has 5 heteroatoms. The molecular formula is C18H27NO4. The summed E-state index contributed by atoms with van der Waals surface area (Å²) in [6.45, 7) is 6.40. The van der Waals surface area contributed by atoms with Gasteiger partial charge in [-0.2, -0.15) is 0 Å². The van der Waals surface area contributed by atoms with Crippen LogP contribution in [0.3, 0.4) is 0 Å². The van der Waals surface area contributed by atoms with Crippen molar-refractivity contribution in [2.45, 2.75) is 33.6 Å². The molecule has 0 saturated carbocycles. The summed E-state index contributed by atoms with van der Waals surface area (Å²) >= 11 is 0. The zero-order valence-electron chi connectivity index (χ0n) is 14.1. The van der Waals surface area contributed by atoms with Crippen molar-refractivity contribution in [2.75, 3.05) is 13.2 Å². The van der Waals surface area contributed by atoms with Crippen LogP contribution >= 0.6 is 0 Å². The van der Waals surface area contributed by atoms with Crippen molar-refractivity contribution >= 4 is 11.9 Å². The van der Waals surface area contributed by atoms with E-state index in [4.69, 9.17) is 9.84 Å². The van der Waals surface area contributed by atoms with Crippen molar-refractivity contribution < 1.29 is 19.4 Å². The standard InChI is InChI=1S/C18H27NO4/c1-13(2)11-15(18(21)22)12-19-17(20)14(3)9-10-23-16-7-5-4-6-8-16/h4-8,13-15H,9-12H2,1-3H3,(H,19,20)(H,21,22). The summed E-state index contributed by atoms with van der Waals surface area (Å²) in [5, 5.41) is 11.9. The van der Waals surface area contributed by atoms with Crippen LogP contribution in [0.15, 0.2) is 30.3 Å². The lowest BCUT2D eigenvalue weighted by Crippen LogP contribution is -2.36. The SMILES string of the molecule is CC(C)CC(CNC(=O)C(C)CCOc1ccccc1)C(=O)O. The number of amides is 1. The third-order valence-electron chi connectivity index (χ3n) is 3.64. The van der Waals surface area contributed by atoms with E-state index in [0.717, 1.165) is 5.75 Å². The van der Waals surface area contributed by atoms with Gasteiger partial charge in [0.05, 0.1) is 12.5 Å². The molecule has 0 spiro atoms. The number of hydrogen-bond donors (Lipinski definition) is 2. The van der Waals surface area contributed by atoms with E-state index in [1.807, 2.05) is 51.1 Å². The number of hydrogen-bond acceptors (Lipinski definition) is 3. The van der Waals surface area contributed by atoms with Gasteiger partial charge in [-0.15, -0.1) is 0 Å². The third-order valence-corrected chi connectivity index (χ3v) is 3.64. The van der Waals surface area contributed by atoms with Gasteiger partial charge in [0.1, 0.15) is 5.75 Å². The van der Waals surface area contributed by atoms with Crippen LogP contribution in [-0.2, 0) is 9.59 Å². The summed E-state index contributed by atoms with van der Waals surface area (Å²) in [6.07, 6.45) is 1.14. The number of ether oxygens (including phenoxy) is 1. The van der Waals surface area contributed by atoms with E-state index in [1.165, 1.54) is 0 Å². The van der Waals surface area contributed by atoms with Crippen LogP contribution in [0.1, 0.15) is 33.6 Å². The van der Waals surface area contributed by atoms with Gasteiger partial charge in [-0.25, -0.2) is 0 Å². The van der Waals surface area contributed by atoms with Gasteiger partial charge in [-0.3, -0.25) is 9.59 Å². The average molecular weight is 321 g/mol. The van der Waals surface area contributed by atoms with E-state index in [0.29, 0.717) is 19.4 Å². The molecule has 0 aliphatic carbocycles. The summed E-state index contributed by atoms with van der Waals surface area (Å²) in [4.78, 5) is 23.2. The summed E-state index contributed by atoms with van der Waals surface area (Å²) in [5.41, 5.74) is 0. The fourth-order valence-electron chi connectivity index (χ4n) is 2.24. The fraction of sp³-hybridized carbons (Fsp3) is 0.556. The monoisotopic (exact) mass is 321 g/mol. The first-order chi connectivity index (χ1) is 10.9. The van der Waals surface area contributed by atoms with Crippen molar-refractivity contribution in [3.8, 4) is 5.75 Å². The molecule has 0 bridgehead atoms. The Hall–Kier alpha value is -2.04. The highest BCUT2D eigenvalue weighted by Crippen LogP contribution is 2.13. The molecule has 0 heterocycles. The summed E-state index contributed by atoms with van der Waals surface area (Å²) in [6, 6.07) is 9.44. The highest BCUT2D eigenvalue weighted by atomic mass is 16.5. The lowest BCUT2D eigenvalue weighted by Gasteiger charge is -2.17. The van der Waals surface area contributed by atoms with Gasteiger partial charge >= 0.3 is 5.97 Å². The number of nitrogens with one attached hydrogen (secondary N) is 1. The molecule has 128 valence electrons. The van der Waals surface area contributed by atoms with Crippen molar-refractivity contribution in [2.24, 2.45) is 17.8 Å². The molecule has 0 fully saturated rings. The minimum Gasteiger partial charge on any atom is -0.494 e. The molecule has 1 aromatic rings. The Morgan fingerprint density at radius 3 is 2.39 bits per heavy atom. The third kappa shape index (κ3) is 7.68. The van der Waals surface area contributed by atoms with Gasteiger partial charge < -0.3 is 15.2 Å². The van der Waals surface area contributed by atoms with Crippen molar-refractivity contribution in [1.82, 2.24) is 5.32 Å². The minimum absolute atomic E-state index is 0.128. The van der Waals surface area contributed by atoms with Gasteiger partial charge in [0.15, 0.2) is 0 Å². The van der Waals surface area contributed by atoms with Crippen LogP contribution in [0.2, 0.25) is 0 Å². The smallest absolute Gasteiger partial charge is 0.308 e. The normalized spacial score (nSPS) is 13.4. The second-order valence-corrected chi connectivity index (χ2v) is 6.26. The van der Waals surface area contributed by atoms with E-state index < -0.39 is 11.9 Å². The Morgan fingerprint density at radius 1 is 1.17 bits per heavy atom. The Bertz CT molecular complexity index is 487. The average Bonchev–Trinajstić information content (AvgIpc) is 2.51. The van der Waals surface area contributed by atoms with Gasteiger partial charge in [-0.05, 0) is 30.9 Å². The second kappa shape index (κ2) is 9.87. The lowest BCUT2D eigenvalue weighted by molar-refractivity contribution is -0.142. The topological polar surface area (TPSA) is 75.6 Å². The molecule has 0 radical (unpaired) electrons. The van der Waals surface area contributed by atoms with Crippen LogP contribution in [0.4, 0.5) is 0 Å². The Balaban J connectivity index is 2.31. The van der Waals surface area contributed by atoms with Gasteiger partial charge in [0, 0.05) is 12.5 Å². The number of benzene rings is 1. The number of carboxylic acids is 1. The molecule has 1 amide bonds.